The molecule has 0 radical (unpaired) electrons. The van der Waals surface area contributed by atoms with Gasteiger partial charge in [0.05, 0.1) is 5.69 Å². The number of nitrogens with zero attached hydrogens (tertiary/aromatic N) is 1. The minimum Gasteiger partial charge on any atom is -0.367 e. The van der Waals surface area contributed by atoms with Gasteiger partial charge < -0.3 is 4.90 Å². The molecule has 0 aromatic heterocycles. The Morgan fingerprint density at radius 2 is 1.55 bits per heavy atom. The second-order valence-corrected chi connectivity index (χ2v) is 10.1. The van der Waals surface area contributed by atoms with Crippen LogP contribution < -0.4 is 4.72 Å². The Bertz CT molecular complexity index is 1210. The van der Waals surface area contributed by atoms with Crippen LogP contribution in [0.2, 0.25) is 0 Å². The van der Waals surface area contributed by atoms with E-state index in [9.17, 15) is 18.0 Å². The van der Waals surface area contributed by atoms with Crippen molar-refractivity contribution in [3.8, 4) is 0 Å². The number of carbonyl (C=O) groups excluding carboxylic acids is 2. The van der Waals surface area contributed by atoms with Gasteiger partial charge in [0.1, 0.15) is 5.70 Å². The maximum Gasteiger partial charge on any atom is 0.268 e. The molecule has 2 aliphatic rings. The molecule has 1 N–H and O–H groups in total. The van der Waals surface area contributed by atoms with Crippen LogP contribution in [0.15, 0.2) is 53.1 Å². The van der Waals surface area contributed by atoms with Crippen LogP contribution in [0.1, 0.15) is 51.6 Å². The molecule has 1 fully saturated rings. The number of carbonyl (C=O) groups is 2. The Hall–Kier alpha value is -2.93. The van der Waals surface area contributed by atoms with E-state index < -0.39 is 26.5 Å². The number of Topliss-reactive ketones (excluding diaryl/α,β-unsaturated/α-hetero) is 2. The number of ketones is 2. The van der Waals surface area contributed by atoms with Gasteiger partial charge in [-0.3, -0.25) is 14.3 Å². The summed E-state index contributed by atoms with van der Waals surface area (Å²) in [5, 5.41) is 0. The third-order valence-corrected chi connectivity index (χ3v) is 7.46. The summed E-state index contributed by atoms with van der Waals surface area (Å²) >= 11 is 0. The monoisotopic (exact) mass is 438 g/mol. The number of hydrogen-bond acceptors (Lipinski definition) is 5. The quantitative estimate of drug-likeness (QED) is 0.778. The van der Waals surface area contributed by atoms with Crippen molar-refractivity contribution < 1.29 is 18.0 Å². The number of fused-ring (bicyclic) bond motifs is 1. The molecule has 0 atom stereocenters. The van der Waals surface area contributed by atoms with E-state index in [1.54, 1.807) is 36.1 Å². The van der Waals surface area contributed by atoms with Crippen LogP contribution in [0.25, 0.3) is 0 Å². The Labute approximate surface area is 183 Å². The van der Waals surface area contributed by atoms with Crippen LogP contribution in [0.4, 0.5) is 5.69 Å². The fourth-order valence-corrected chi connectivity index (χ4v) is 5.59. The molecule has 1 heterocycles. The Kier molecular flexibility index (Phi) is 5.47. The standard InChI is InChI=1S/C24H26N2O4S/c1-15-10-12-26(13-11-15)21-22(27)18-6-4-5-7-19(18)23(28)24(21)31(29,30)25-20-14-16(2)8-9-17(20)3/h4-9,14-15,25H,10-13H2,1-3H3. The van der Waals surface area contributed by atoms with E-state index in [0.717, 1.165) is 24.0 Å². The second-order valence-electron chi connectivity index (χ2n) is 8.48. The molecule has 1 aliphatic heterocycles. The van der Waals surface area contributed by atoms with Gasteiger partial charge in [0.25, 0.3) is 10.0 Å². The lowest BCUT2D eigenvalue weighted by molar-refractivity contribution is 0.0933. The van der Waals surface area contributed by atoms with E-state index in [1.165, 1.54) is 6.07 Å². The summed E-state index contributed by atoms with van der Waals surface area (Å²) in [6.07, 6.45) is 1.68. The van der Waals surface area contributed by atoms with Crippen LogP contribution in [0, 0.1) is 19.8 Å². The average molecular weight is 439 g/mol. The summed E-state index contributed by atoms with van der Waals surface area (Å²) in [5.41, 5.74) is 2.40. The highest BCUT2D eigenvalue weighted by molar-refractivity contribution is 7.97. The fourth-order valence-electron chi connectivity index (χ4n) is 4.15. The van der Waals surface area contributed by atoms with Crippen LogP contribution in [-0.2, 0) is 10.0 Å². The van der Waals surface area contributed by atoms with Crippen molar-refractivity contribution in [3.05, 3.63) is 75.3 Å². The summed E-state index contributed by atoms with van der Waals surface area (Å²) in [5.74, 6) is -0.556. The largest absolute Gasteiger partial charge is 0.367 e. The molecule has 6 nitrogen and oxygen atoms in total. The van der Waals surface area contributed by atoms with Gasteiger partial charge in [-0.15, -0.1) is 0 Å². The predicted molar refractivity (Wildman–Crippen MR) is 121 cm³/mol. The van der Waals surface area contributed by atoms with Gasteiger partial charge in [-0.25, -0.2) is 8.42 Å². The minimum absolute atomic E-state index is 0.00611. The summed E-state index contributed by atoms with van der Waals surface area (Å²) in [7, 11) is -4.29. The van der Waals surface area contributed by atoms with Gasteiger partial charge in [0.2, 0.25) is 11.6 Å². The van der Waals surface area contributed by atoms with Crippen molar-refractivity contribution >= 4 is 27.3 Å². The Balaban J connectivity index is 1.87. The highest BCUT2D eigenvalue weighted by Crippen LogP contribution is 2.34. The van der Waals surface area contributed by atoms with Crippen molar-refractivity contribution in [3.63, 3.8) is 0 Å². The first kappa shape index (κ1) is 21.3. The molecule has 7 heteroatoms. The number of likely N-dealkylation sites (tertiary alicyclic amines) is 1. The zero-order chi connectivity index (χ0) is 22.3. The van der Waals surface area contributed by atoms with Gasteiger partial charge in [-0.2, -0.15) is 0 Å². The van der Waals surface area contributed by atoms with E-state index in [0.29, 0.717) is 24.7 Å². The fraction of sp³-hybridized carbons (Fsp3) is 0.333. The van der Waals surface area contributed by atoms with Crippen LogP contribution >= 0.6 is 0 Å². The topological polar surface area (TPSA) is 83.6 Å². The molecular formula is C24H26N2O4S. The molecule has 1 aliphatic carbocycles. The zero-order valence-corrected chi connectivity index (χ0v) is 18.8. The molecule has 31 heavy (non-hydrogen) atoms. The minimum atomic E-state index is -4.29. The lowest BCUT2D eigenvalue weighted by Crippen LogP contribution is -2.41. The van der Waals surface area contributed by atoms with E-state index in [-0.39, 0.29) is 16.8 Å². The van der Waals surface area contributed by atoms with Gasteiger partial charge in [0, 0.05) is 24.2 Å². The maximum atomic E-state index is 13.5. The van der Waals surface area contributed by atoms with E-state index in [2.05, 4.69) is 11.6 Å². The number of allylic oxidation sites excluding steroid dienone is 2. The second kappa shape index (κ2) is 7.96. The lowest BCUT2D eigenvalue weighted by Gasteiger charge is -2.35. The first-order chi connectivity index (χ1) is 14.7. The van der Waals surface area contributed by atoms with Gasteiger partial charge in [0.15, 0.2) is 4.91 Å². The van der Waals surface area contributed by atoms with Crippen molar-refractivity contribution in [2.75, 3.05) is 17.8 Å². The van der Waals surface area contributed by atoms with Crippen LogP contribution in [-0.4, -0.2) is 38.0 Å². The molecule has 1 saturated heterocycles. The van der Waals surface area contributed by atoms with Crippen molar-refractivity contribution in [1.82, 2.24) is 4.90 Å². The predicted octanol–water partition coefficient (Wildman–Crippen LogP) is 4.07. The first-order valence-corrected chi connectivity index (χ1v) is 11.9. The number of piperidine rings is 1. The highest BCUT2D eigenvalue weighted by atomic mass is 32.2. The van der Waals surface area contributed by atoms with E-state index in [1.807, 2.05) is 19.1 Å². The molecule has 0 spiro atoms. The maximum absolute atomic E-state index is 13.5. The van der Waals surface area contributed by atoms with Crippen molar-refractivity contribution in [2.24, 2.45) is 5.92 Å². The third-order valence-electron chi connectivity index (χ3n) is 6.06. The Morgan fingerprint density at radius 1 is 0.935 bits per heavy atom. The lowest BCUT2D eigenvalue weighted by atomic mass is 9.90. The average Bonchev–Trinajstić information content (AvgIpc) is 2.73. The molecule has 0 bridgehead atoms. The number of nitrogens with one attached hydrogen (secondary N) is 1. The van der Waals surface area contributed by atoms with Gasteiger partial charge >= 0.3 is 0 Å². The summed E-state index contributed by atoms with van der Waals surface area (Å²) < 4.78 is 29.6. The SMILES string of the molecule is Cc1ccc(C)c(NS(=O)(=O)C2=C(N3CCC(C)CC3)C(=O)c3ccccc3C2=O)c1. The molecule has 162 valence electrons. The van der Waals surface area contributed by atoms with Crippen molar-refractivity contribution in [2.45, 2.75) is 33.6 Å². The van der Waals surface area contributed by atoms with E-state index in [4.69, 9.17) is 0 Å². The number of aryl methyl sites for hydroxylation is 2. The number of benzene rings is 2. The smallest absolute Gasteiger partial charge is 0.268 e. The highest BCUT2D eigenvalue weighted by Gasteiger charge is 2.42. The molecule has 4 rings (SSSR count). The number of anilines is 1. The normalized spacial score (nSPS) is 17.7. The number of rotatable bonds is 4. The summed E-state index contributed by atoms with van der Waals surface area (Å²) in [6.45, 7) is 6.87. The molecule has 0 unspecified atom stereocenters. The number of hydrogen-bond donors (Lipinski definition) is 1. The van der Waals surface area contributed by atoms with Crippen LogP contribution in [0.3, 0.4) is 0 Å². The molecule has 2 aromatic rings. The van der Waals surface area contributed by atoms with Gasteiger partial charge in [-0.05, 0) is 49.8 Å². The molecular weight excluding hydrogens is 412 g/mol. The number of sulfonamides is 1. The molecule has 2 aromatic carbocycles. The zero-order valence-electron chi connectivity index (χ0n) is 17.9. The summed E-state index contributed by atoms with van der Waals surface area (Å²) in [6, 6.07) is 11.9. The Morgan fingerprint density at radius 3 is 2.19 bits per heavy atom. The first-order valence-electron chi connectivity index (χ1n) is 10.5. The molecule has 0 saturated carbocycles. The van der Waals surface area contributed by atoms with Gasteiger partial charge in [-0.1, -0.05) is 43.3 Å². The molecule has 0 amide bonds. The van der Waals surface area contributed by atoms with Crippen molar-refractivity contribution in [1.29, 1.82) is 0 Å². The summed E-state index contributed by atoms with van der Waals surface area (Å²) in [4.78, 5) is 28.2. The van der Waals surface area contributed by atoms with Crippen LogP contribution in [0.5, 0.6) is 0 Å². The third kappa shape index (κ3) is 3.90. The van der Waals surface area contributed by atoms with E-state index >= 15 is 0 Å².